The molecular formula is C16H28N2S. The summed E-state index contributed by atoms with van der Waals surface area (Å²) in [4.78, 5) is 4.14. The van der Waals surface area contributed by atoms with Crippen molar-refractivity contribution in [3.8, 4) is 0 Å². The molecule has 2 unspecified atom stereocenters. The maximum atomic E-state index is 3.73. The summed E-state index contributed by atoms with van der Waals surface area (Å²) in [5.41, 5.74) is 0. The van der Waals surface area contributed by atoms with Crippen LogP contribution in [0.5, 0.6) is 0 Å². The van der Waals surface area contributed by atoms with Gasteiger partial charge in [-0.15, -0.1) is 11.3 Å². The van der Waals surface area contributed by atoms with Crippen LogP contribution in [0.2, 0.25) is 0 Å². The van der Waals surface area contributed by atoms with Crippen molar-refractivity contribution in [1.82, 2.24) is 10.2 Å². The van der Waals surface area contributed by atoms with Crippen molar-refractivity contribution in [2.75, 3.05) is 26.2 Å². The number of nitrogens with zero attached hydrogens (tertiary/aromatic N) is 1. The van der Waals surface area contributed by atoms with Gasteiger partial charge in [-0.2, -0.15) is 0 Å². The van der Waals surface area contributed by atoms with E-state index in [-0.39, 0.29) is 0 Å². The van der Waals surface area contributed by atoms with Crippen LogP contribution in [0.1, 0.15) is 38.0 Å². The third-order valence-corrected chi connectivity index (χ3v) is 5.14. The number of nitrogens with one attached hydrogen (secondary N) is 1. The van der Waals surface area contributed by atoms with Gasteiger partial charge < -0.3 is 10.2 Å². The minimum absolute atomic E-state index is 0.652. The normalized spacial score (nSPS) is 22.5. The second-order valence-electron chi connectivity index (χ2n) is 5.78. The van der Waals surface area contributed by atoms with E-state index < -0.39 is 0 Å². The molecule has 0 amide bonds. The van der Waals surface area contributed by atoms with Crippen molar-refractivity contribution >= 4 is 11.3 Å². The molecule has 0 aliphatic carbocycles. The molecule has 108 valence electrons. The lowest BCUT2D eigenvalue weighted by Gasteiger charge is -2.36. The van der Waals surface area contributed by atoms with Crippen LogP contribution in [-0.2, 0) is 6.42 Å². The van der Waals surface area contributed by atoms with Crippen molar-refractivity contribution in [2.45, 2.75) is 45.6 Å². The zero-order chi connectivity index (χ0) is 13.5. The Bertz CT molecular complexity index is 335. The summed E-state index contributed by atoms with van der Waals surface area (Å²) < 4.78 is 0. The first-order chi connectivity index (χ1) is 9.29. The Kier molecular flexibility index (Phi) is 6.35. The van der Waals surface area contributed by atoms with E-state index >= 15 is 0 Å². The quantitative estimate of drug-likeness (QED) is 0.823. The first kappa shape index (κ1) is 15.0. The molecule has 0 saturated carbocycles. The maximum Gasteiger partial charge on any atom is 0.00793 e. The second kappa shape index (κ2) is 8.03. The van der Waals surface area contributed by atoms with Gasteiger partial charge in [0.25, 0.3) is 0 Å². The lowest BCUT2D eigenvalue weighted by atomic mass is 9.91. The molecule has 2 atom stereocenters. The molecule has 1 aromatic heterocycles. The molecular weight excluding hydrogens is 252 g/mol. The van der Waals surface area contributed by atoms with Gasteiger partial charge in [-0.05, 0) is 63.1 Å². The fourth-order valence-corrected chi connectivity index (χ4v) is 3.77. The van der Waals surface area contributed by atoms with Gasteiger partial charge in [-0.1, -0.05) is 13.0 Å². The van der Waals surface area contributed by atoms with E-state index in [1.165, 1.54) is 50.2 Å². The number of likely N-dealkylation sites (tertiary alicyclic amines) is 1. The molecule has 3 heteroatoms. The van der Waals surface area contributed by atoms with E-state index in [1.54, 1.807) is 0 Å². The predicted octanol–water partition coefficient (Wildman–Crippen LogP) is 3.39. The molecule has 2 nitrogen and oxygen atoms in total. The van der Waals surface area contributed by atoms with Crippen LogP contribution in [0.15, 0.2) is 17.5 Å². The van der Waals surface area contributed by atoms with Crippen LogP contribution < -0.4 is 5.32 Å². The van der Waals surface area contributed by atoms with Crippen LogP contribution in [-0.4, -0.2) is 37.1 Å². The molecule has 1 saturated heterocycles. The van der Waals surface area contributed by atoms with E-state index in [4.69, 9.17) is 0 Å². The van der Waals surface area contributed by atoms with Crippen LogP contribution in [0.4, 0.5) is 0 Å². The highest BCUT2D eigenvalue weighted by molar-refractivity contribution is 7.09. The van der Waals surface area contributed by atoms with Crippen molar-refractivity contribution < 1.29 is 0 Å². The van der Waals surface area contributed by atoms with Gasteiger partial charge in [0, 0.05) is 24.0 Å². The van der Waals surface area contributed by atoms with E-state index in [1.807, 2.05) is 11.3 Å². The number of rotatable bonds is 7. The molecule has 0 bridgehead atoms. The van der Waals surface area contributed by atoms with Crippen molar-refractivity contribution in [1.29, 1.82) is 0 Å². The number of hydrogen-bond donors (Lipinski definition) is 1. The summed E-state index contributed by atoms with van der Waals surface area (Å²) in [6, 6.07) is 5.04. The van der Waals surface area contributed by atoms with Gasteiger partial charge in [0.2, 0.25) is 0 Å². The Morgan fingerprint density at radius 1 is 1.53 bits per heavy atom. The predicted molar refractivity (Wildman–Crippen MR) is 84.9 cm³/mol. The zero-order valence-electron chi connectivity index (χ0n) is 12.4. The molecule has 1 aliphatic heterocycles. The zero-order valence-corrected chi connectivity index (χ0v) is 13.2. The van der Waals surface area contributed by atoms with Gasteiger partial charge in [0.1, 0.15) is 0 Å². The van der Waals surface area contributed by atoms with Crippen molar-refractivity contribution in [2.24, 2.45) is 5.92 Å². The fourth-order valence-electron chi connectivity index (χ4n) is 3.06. The topological polar surface area (TPSA) is 15.3 Å². The molecule has 1 aromatic rings. The Hall–Kier alpha value is -0.380. The largest absolute Gasteiger partial charge is 0.314 e. The molecule has 2 rings (SSSR count). The Labute approximate surface area is 122 Å². The van der Waals surface area contributed by atoms with Gasteiger partial charge in [0.15, 0.2) is 0 Å². The highest BCUT2D eigenvalue weighted by Gasteiger charge is 2.23. The smallest absolute Gasteiger partial charge is 0.00793 e. The summed E-state index contributed by atoms with van der Waals surface area (Å²) in [7, 11) is 0. The first-order valence-corrected chi connectivity index (χ1v) is 8.65. The fraction of sp³-hybridized carbons (Fsp3) is 0.750. The Balaban J connectivity index is 1.68. The van der Waals surface area contributed by atoms with E-state index in [2.05, 4.69) is 41.6 Å². The maximum absolute atomic E-state index is 3.73. The molecule has 0 radical (unpaired) electrons. The van der Waals surface area contributed by atoms with Crippen molar-refractivity contribution in [3.05, 3.63) is 22.4 Å². The standard InChI is InChI=1S/C16H28N2S/c1-3-10-18-11-4-6-15(13-18)14(2)17-9-8-16-7-5-12-19-16/h5,7,12,14-15,17H,3-4,6,8-11,13H2,1-2H3. The Morgan fingerprint density at radius 2 is 2.42 bits per heavy atom. The molecule has 1 N–H and O–H groups in total. The van der Waals surface area contributed by atoms with Gasteiger partial charge in [-0.3, -0.25) is 0 Å². The summed E-state index contributed by atoms with van der Waals surface area (Å²) in [5.74, 6) is 0.837. The van der Waals surface area contributed by atoms with Gasteiger partial charge in [-0.25, -0.2) is 0 Å². The molecule has 19 heavy (non-hydrogen) atoms. The lowest BCUT2D eigenvalue weighted by Crippen LogP contribution is -2.45. The molecule has 0 spiro atoms. The summed E-state index contributed by atoms with van der Waals surface area (Å²) >= 11 is 1.87. The van der Waals surface area contributed by atoms with Gasteiger partial charge >= 0.3 is 0 Å². The monoisotopic (exact) mass is 280 g/mol. The Morgan fingerprint density at radius 3 is 3.16 bits per heavy atom. The number of piperidine rings is 1. The summed E-state index contributed by atoms with van der Waals surface area (Å²) in [5, 5.41) is 5.90. The van der Waals surface area contributed by atoms with E-state index in [9.17, 15) is 0 Å². The second-order valence-corrected chi connectivity index (χ2v) is 6.81. The minimum atomic E-state index is 0.652. The summed E-state index contributed by atoms with van der Waals surface area (Å²) in [6.07, 6.45) is 5.23. The average Bonchev–Trinajstić information content (AvgIpc) is 2.92. The average molecular weight is 280 g/mol. The summed E-state index contributed by atoms with van der Waals surface area (Å²) in [6.45, 7) is 9.65. The third-order valence-electron chi connectivity index (χ3n) is 4.21. The SMILES string of the molecule is CCCN1CCCC(C(C)NCCc2cccs2)C1. The molecule has 0 aromatic carbocycles. The lowest BCUT2D eigenvalue weighted by molar-refractivity contribution is 0.151. The highest BCUT2D eigenvalue weighted by Crippen LogP contribution is 2.20. The van der Waals surface area contributed by atoms with Crippen molar-refractivity contribution in [3.63, 3.8) is 0 Å². The minimum Gasteiger partial charge on any atom is -0.314 e. The van der Waals surface area contributed by atoms with E-state index in [0.717, 1.165) is 12.5 Å². The van der Waals surface area contributed by atoms with Gasteiger partial charge in [0.05, 0.1) is 0 Å². The molecule has 1 aliphatic rings. The van der Waals surface area contributed by atoms with Crippen LogP contribution >= 0.6 is 11.3 Å². The highest BCUT2D eigenvalue weighted by atomic mass is 32.1. The molecule has 1 fully saturated rings. The molecule has 2 heterocycles. The van der Waals surface area contributed by atoms with Crippen LogP contribution in [0, 0.1) is 5.92 Å². The van der Waals surface area contributed by atoms with E-state index in [0.29, 0.717) is 6.04 Å². The first-order valence-electron chi connectivity index (χ1n) is 7.77. The van der Waals surface area contributed by atoms with Crippen LogP contribution in [0.3, 0.4) is 0 Å². The van der Waals surface area contributed by atoms with Crippen LogP contribution in [0.25, 0.3) is 0 Å². The number of hydrogen-bond acceptors (Lipinski definition) is 3. The third kappa shape index (κ3) is 4.90. The number of thiophene rings is 1.